The first-order valence-electron chi connectivity index (χ1n) is 6.44. The topological polar surface area (TPSA) is 57.7 Å². The van der Waals surface area contributed by atoms with Crippen molar-refractivity contribution in [3.8, 4) is 0 Å². The van der Waals surface area contributed by atoms with Gasteiger partial charge in [-0.15, -0.1) is 0 Å². The fourth-order valence-electron chi connectivity index (χ4n) is 2.84. The van der Waals surface area contributed by atoms with Crippen LogP contribution in [-0.2, 0) is 9.59 Å². The van der Waals surface area contributed by atoms with Crippen molar-refractivity contribution in [2.24, 2.45) is 11.3 Å². The van der Waals surface area contributed by atoms with Gasteiger partial charge in [-0.3, -0.25) is 19.4 Å². The van der Waals surface area contributed by atoms with Crippen molar-refractivity contribution in [2.45, 2.75) is 40.0 Å². The van der Waals surface area contributed by atoms with Crippen molar-refractivity contribution >= 4 is 17.8 Å². The predicted octanol–water partition coefficient (Wildman–Crippen LogP) is 1.87. The van der Waals surface area contributed by atoms with Crippen LogP contribution in [0.2, 0.25) is 0 Å². The Hall–Kier alpha value is -1.39. The molecule has 0 aromatic heterocycles. The van der Waals surface area contributed by atoms with E-state index < -0.39 is 11.4 Å². The van der Waals surface area contributed by atoms with Gasteiger partial charge in [-0.25, -0.2) is 4.79 Å². The summed E-state index contributed by atoms with van der Waals surface area (Å²) in [4.78, 5) is 38.7. The highest BCUT2D eigenvalue weighted by atomic mass is 16.2. The molecule has 0 aromatic carbocycles. The van der Waals surface area contributed by atoms with E-state index in [4.69, 9.17) is 0 Å². The van der Waals surface area contributed by atoms with E-state index >= 15 is 0 Å². The van der Waals surface area contributed by atoms with Crippen LogP contribution in [0.5, 0.6) is 0 Å². The monoisotopic (exact) mass is 254 g/mol. The highest BCUT2D eigenvalue weighted by molar-refractivity contribution is 6.18. The van der Waals surface area contributed by atoms with Crippen LogP contribution in [0.4, 0.5) is 4.79 Å². The molecule has 0 radical (unpaired) electrons. The van der Waals surface area contributed by atoms with Crippen molar-refractivity contribution in [3.05, 3.63) is 0 Å². The molecule has 1 aliphatic heterocycles. The van der Waals surface area contributed by atoms with Crippen LogP contribution in [0.1, 0.15) is 40.0 Å². The summed E-state index contributed by atoms with van der Waals surface area (Å²) in [6.07, 6.45) is 2.12. The summed E-state index contributed by atoms with van der Waals surface area (Å²) in [5.41, 5.74) is -1.08. The van der Waals surface area contributed by atoms with Gasteiger partial charge < -0.3 is 0 Å². The number of nitrogens with zero attached hydrogens (tertiary/aromatic N) is 2. The Morgan fingerprint density at radius 2 is 1.50 bits per heavy atom. The molecule has 1 aliphatic rings. The molecule has 5 heteroatoms. The van der Waals surface area contributed by atoms with Crippen molar-refractivity contribution in [1.82, 2.24) is 9.80 Å². The number of barbiturate groups is 1. The third-order valence-corrected chi connectivity index (χ3v) is 4.07. The Morgan fingerprint density at radius 3 is 1.83 bits per heavy atom. The molecule has 0 N–H and O–H groups in total. The summed E-state index contributed by atoms with van der Waals surface area (Å²) in [6, 6.07) is -0.544. The Labute approximate surface area is 108 Å². The molecule has 5 nitrogen and oxygen atoms in total. The average Bonchev–Trinajstić information content (AvgIpc) is 2.36. The first kappa shape index (κ1) is 14.7. The van der Waals surface area contributed by atoms with Crippen LogP contribution in [0, 0.1) is 11.3 Å². The minimum atomic E-state index is -1.08. The zero-order valence-corrected chi connectivity index (χ0v) is 11.8. The van der Waals surface area contributed by atoms with Gasteiger partial charge in [0, 0.05) is 14.1 Å². The number of imide groups is 2. The average molecular weight is 254 g/mol. The Morgan fingerprint density at radius 1 is 1.06 bits per heavy atom. The fraction of sp³-hybridized carbons (Fsp3) is 0.769. The molecule has 1 atom stereocenters. The van der Waals surface area contributed by atoms with Crippen LogP contribution >= 0.6 is 0 Å². The van der Waals surface area contributed by atoms with Gasteiger partial charge >= 0.3 is 6.03 Å². The maximum absolute atomic E-state index is 12.4. The van der Waals surface area contributed by atoms with E-state index in [1.807, 2.05) is 20.8 Å². The number of amides is 4. The molecule has 1 fully saturated rings. The summed E-state index contributed by atoms with van der Waals surface area (Å²) < 4.78 is 0. The number of rotatable bonds is 4. The lowest BCUT2D eigenvalue weighted by atomic mass is 9.69. The predicted molar refractivity (Wildman–Crippen MR) is 67.7 cm³/mol. The number of carbonyl (C=O) groups excluding carboxylic acids is 3. The van der Waals surface area contributed by atoms with Crippen LogP contribution in [0.3, 0.4) is 0 Å². The van der Waals surface area contributed by atoms with Crippen molar-refractivity contribution in [2.75, 3.05) is 14.1 Å². The van der Waals surface area contributed by atoms with E-state index in [1.54, 1.807) is 0 Å². The molecule has 1 saturated heterocycles. The molecular weight excluding hydrogens is 232 g/mol. The minimum absolute atomic E-state index is 0.0644. The molecule has 0 spiro atoms. The number of urea groups is 1. The quantitative estimate of drug-likeness (QED) is 0.720. The Balaban J connectivity index is 3.27. The molecule has 102 valence electrons. The molecule has 4 amide bonds. The van der Waals surface area contributed by atoms with E-state index in [0.717, 1.165) is 22.6 Å². The van der Waals surface area contributed by atoms with Crippen LogP contribution in [0.25, 0.3) is 0 Å². The van der Waals surface area contributed by atoms with E-state index in [1.165, 1.54) is 14.1 Å². The fourth-order valence-corrected chi connectivity index (χ4v) is 2.84. The highest BCUT2D eigenvalue weighted by Crippen LogP contribution is 2.40. The van der Waals surface area contributed by atoms with Crippen LogP contribution in [-0.4, -0.2) is 41.7 Å². The Kier molecular flexibility index (Phi) is 4.14. The summed E-state index contributed by atoms with van der Waals surface area (Å²) in [6.45, 7) is 5.77. The molecule has 0 saturated carbocycles. The summed E-state index contributed by atoms with van der Waals surface area (Å²) in [5.74, 6) is -0.788. The SMILES string of the molecule is CCCC(C)C1(CC)C(=O)N(C)C(=O)N(C)C1=O. The van der Waals surface area contributed by atoms with E-state index in [2.05, 4.69) is 0 Å². The second kappa shape index (κ2) is 5.08. The zero-order chi connectivity index (χ0) is 14.1. The molecular formula is C13H22N2O3. The first-order valence-corrected chi connectivity index (χ1v) is 6.44. The van der Waals surface area contributed by atoms with Crippen molar-refractivity contribution in [3.63, 3.8) is 0 Å². The summed E-state index contributed by atoms with van der Waals surface area (Å²) in [7, 11) is 2.88. The second-order valence-corrected chi connectivity index (χ2v) is 5.03. The summed E-state index contributed by atoms with van der Waals surface area (Å²) >= 11 is 0. The molecule has 0 bridgehead atoms. The zero-order valence-electron chi connectivity index (χ0n) is 11.8. The first-order chi connectivity index (χ1) is 8.34. The lowest BCUT2D eigenvalue weighted by molar-refractivity contribution is -0.161. The van der Waals surface area contributed by atoms with Gasteiger partial charge in [0.05, 0.1) is 0 Å². The number of carbonyl (C=O) groups is 3. The van der Waals surface area contributed by atoms with Crippen LogP contribution < -0.4 is 0 Å². The summed E-state index contributed by atoms with van der Waals surface area (Å²) in [5, 5.41) is 0. The molecule has 1 heterocycles. The molecule has 1 unspecified atom stereocenters. The third-order valence-electron chi connectivity index (χ3n) is 4.07. The maximum atomic E-state index is 12.4. The lowest BCUT2D eigenvalue weighted by Gasteiger charge is -2.44. The number of hydrogen-bond donors (Lipinski definition) is 0. The minimum Gasteiger partial charge on any atom is -0.273 e. The largest absolute Gasteiger partial charge is 0.332 e. The molecule has 1 rings (SSSR count). The van der Waals surface area contributed by atoms with E-state index in [-0.39, 0.29) is 17.7 Å². The van der Waals surface area contributed by atoms with Gasteiger partial charge in [-0.05, 0) is 18.8 Å². The van der Waals surface area contributed by atoms with Gasteiger partial charge in [-0.1, -0.05) is 27.2 Å². The van der Waals surface area contributed by atoms with E-state index in [9.17, 15) is 14.4 Å². The van der Waals surface area contributed by atoms with Crippen molar-refractivity contribution < 1.29 is 14.4 Å². The van der Waals surface area contributed by atoms with Gasteiger partial charge in [0.2, 0.25) is 11.8 Å². The molecule has 0 aliphatic carbocycles. The third kappa shape index (κ3) is 1.82. The lowest BCUT2D eigenvalue weighted by Crippen LogP contribution is -2.64. The Bertz CT molecular complexity index is 354. The molecule has 0 aromatic rings. The van der Waals surface area contributed by atoms with Crippen molar-refractivity contribution in [1.29, 1.82) is 0 Å². The van der Waals surface area contributed by atoms with Gasteiger partial charge in [0.15, 0.2) is 0 Å². The van der Waals surface area contributed by atoms with Gasteiger partial charge in [0.25, 0.3) is 0 Å². The normalized spacial score (nSPS) is 21.5. The van der Waals surface area contributed by atoms with E-state index in [0.29, 0.717) is 6.42 Å². The molecule has 18 heavy (non-hydrogen) atoms. The second-order valence-electron chi connectivity index (χ2n) is 5.03. The highest BCUT2D eigenvalue weighted by Gasteiger charge is 2.56. The standard InChI is InChI=1S/C13H22N2O3/c1-6-8-9(3)13(7-2)10(16)14(4)12(18)15(5)11(13)17/h9H,6-8H2,1-5H3. The maximum Gasteiger partial charge on any atom is 0.332 e. The van der Waals surface area contributed by atoms with Crippen LogP contribution in [0.15, 0.2) is 0 Å². The van der Waals surface area contributed by atoms with Gasteiger partial charge in [0.1, 0.15) is 5.41 Å². The van der Waals surface area contributed by atoms with Gasteiger partial charge in [-0.2, -0.15) is 0 Å². The smallest absolute Gasteiger partial charge is 0.273 e. The number of hydrogen-bond acceptors (Lipinski definition) is 3.